The molecule has 9 heteroatoms. The van der Waals surface area contributed by atoms with Gasteiger partial charge in [-0.05, 0) is 33.6 Å². The van der Waals surface area contributed by atoms with Crippen LogP contribution in [-0.2, 0) is 16.0 Å². The van der Waals surface area contributed by atoms with Gasteiger partial charge in [-0.25, -0.2) is 14.7 Å². The van der Waals surface area contributed by atoms with Gasteiger partial charge >= 0.3 is 11.8 Å². The van der Waals surface area contributed by atoms with Crippen LogP contribution in [0.2, 0.25) is 0 Å². The zero-order chi connectivity index (χ0) is 18.0. The molecule has 2 aliphatic rings. The molecular formula is C16H26N4O4S. The highest BCUT2D eigenvalue weighted by molar-refractivity contribution is 7.99. The Labute approximate surface area is 151 Å². The molecule has 0 aromatic carbocycles. The fourth-order valence-corrected chi connectivity index (χ4v) is 3.93. The molecule has 2 aliphatic heterocycles. The Morgan fingerprint density at radius 2 is 2.20 bits per heavy atom. The van der Waals surface area contributed by atoms with Crippen LogP contribution in [0.1, 0.15) is 33.6 Å². The zero-order valence-electron chi connectivity index (χ0n) is 15.0. The quantitative estimate of drug-likeness (QED) is 0.794. The number of rotatable bonds is 5. The van der Waals surface area contributed by atoms with Crippen LogP contribution in [0.5, 0.6) is 0 Å². The van der Waals surface area contributed by atoms with Gasteiger partial charge in [0.1, 0.15) is 5.60 Å². The van der Waals surface area contributed by atoms with E-state index in [2.05, 4.69) is 10.2 Å². The molecule has 0 aliphatic carbocycles. The van der Waals surface area contributed by atoms with Gasteiger partial charge in [-0.3, -0.25) is 4.57 Å². The number of carbonyl (C=O) groups is 1. The number of H-pyrrole nitrogens is 1. The Morgan fingerprint density at radius 3 is 2.84 bits per heavy atom. The van der Waals surface area contributed by atoms with Crippen molar-refractivity contribution in [3.63, 3.8) is 0 Å². The molecular weight excluding hydrogens is 344 g/mol. The Morgan fingerprint density at radius 1 is 1.44 bits per heavy atom. The Kier molecular flexibility index (Phi) is 5.43. The zero-order valence-corrected chi connectivity index (χ0v) is 15.8. The first-order valence-corrected chi connectivity index (χ1v) is 9.68. The number of amides is 1. The molecule has 0 bridgehead atoms. The van der Waals surface area contributed by atoms with Crippen LogP contribution in [0.15, 0.2) is 9.95 Å². The van der Waals surface area contributed by atoms with Crippen molar-refractivity contribution >= 4 is 17.9 Å². The summed E-state index contributed by atoms with van der Waals surface area (Å²) in [5, 5.41) is 7.33. The molecule has 1 amide bonds. The summed E-state index contributed by atoms with van der Waals surface area (Å²) in [7, 11) is 0. The maximum Gasteiger partial charge on any atom is 0.410 e. The first-order chi connectivity index (χ1) is 11.8. The summed E-state index contributed by atoms with van der Waals surface area (Å²) in [6, 6.07) is 0. The van der Waals surface area contributed by atoms with Gasteiger partial charge in [-0.1, -0.05) is 11.8 Å². The average Bonchev–Trinajstić information content (AvgIpc) is 3.08. The van der Waals surface area contributed by atoms with E-state index in [1.807, 2.05) is 20.8 Å². The first-order valence-electron chi connectivity index (χ1n) is 8.69. The predicted octanol–water partition coefficient (Wildman–Crippen LogP) is 1.71. The molecule has 0 spiro atoms. The van der Waals surface area contributed by atoms with Crippen molar-refractivity contribution < 1.29 is 14.3 Å². The van der Waals surface area contributed by atoms with E-state index in [1.165, 1.54) is 0 Å². The first kappa shape index (κ1) is 18.3. The minimum atomic E-state index is -0.468. The molecule has 25 heavy (non-hydrogen) atoms. The Hall–Kier alpha value is -1.48. The summed E-state index contributed by atoms with van der Waals surface area (Å²) in [5.74, 6) is 1.20. The van der Waals surface area contributed by atoms with Crippen molar-refractivity contribution in [2.75, 3.05) is 25.4 Å². The number of nitrogens with zero attached hydrogens (tertiary/aromatic N) is 3. The number of aromatic amines is 1. The number of aromatic nitrogens is 3. The van der Waals surface area contributed by atoms with Crippen molar-refractivity contribution in [1.82, 2.24) is 19.7 Å². The summed E-state index contributed by atoms with van der Waals surface area (Å²) >= 11 is 1.55. The largest absolute Gasteiger partial charge is 0.444 e. The SMILES string of the molecule is CC(C)(C)OC(=O)N1CC(CSc2n[nH]c(=O)n2C[C@@H]2CCCO2)C1. The van der Waals surface area contributed by atoms with E-state index < -0.39 is 5.60 Å². The third-order valence-corrected chi connectivity index (χ3v) is 5.40. The highest BCUT2D eigenvalue weighted by atomic mass is 32.2. The van der Waals surface area contributed by atoms with Crippen LogP contribution < -0.4 is 5.69 Å². The molecule has 1 N–H and O–H groups in total. The molecule has 1 aromatic heterocycles. The van der Waals surface area contributed by atoms with E-state index in [0.717, 1.165) is 25.2 Å². The van der Waals surface area contributed by atoms with Gasteiger partial charge in [0.2, 0.25) is 0 Å². The molecule has 1 aromatic rings. The summed E-state index contributed by atoms with van der Waals surface area (Å²) in [6.45, 7) is 8.27. The van der Waals surface area contributed by atoms with E-state index >= 15 is 0 Å². The van der Waals surface area contributed by atoms with Crippen LogP contribution in [0.3, 0.4) is 0 Å². The van der Waals surface area contributed by atoms with Gasteiger partial charge in [-0.15, -0.1) is 5.10 Å². The lowest BCUT2D eigenvalue weighted by Crippen LogP contribution is -2.52. The molecule has 140 valence electrons. The second-order valence-electron chi connectivity index (χ2n) is 7.62. The number of likely N-dealkylation sites (tertiary alicyclic amines) is 1. The molecule has 0 unspecified atom stereocenters. The van der Waals surface area contributed by atoms with Crippen molar-refractivity contribution in [2.45, 2.75) is 57.0 Å². The number of carbonyl (C=O) groups excluding carboxylic acids is 1. The van der Waals surface area contributed by atoms with E-state index in [0.29, 0.717) is 30.7 Å². The monoisotopic (exact) mass is 370 g/mol. The average molecular weight is 370 g/mol. The smallest absolute Gasteiger partial charge is 0.410 e. The molecule has 2 fully saturated rings. The van der Waals surface area contributed by atoms with Crippen LogP contribution >= 0.6 is 11.8 Å². The maximum atomic E-state index is 11.9. The fraction of sp³-hybridized carbons (Fsp3) is 0.812. The summed E-state index contributed by atoms with van der Waals surface area (Å²) < 4.78 is 12.6. The van der Waals surface area contributed by atoms with E-state index in [-0.39, 0.29) is 17.9 Å². The summed E-state index contributed by atoms with van der Waals surface area (Å²) in [6.07, 6.45) is 1.86. The van der Waals surface area contributed by atoms with Crippen LogP contribution in [0.4, 0.5) is 4.79 Å². The number of nitrogens with one attached hydrogen (secondary N) is 1. The highest BCUT2D eigenvalue weighted by Crippen LogP contribution is 2.26. The normalized spacial score (nSPS) is 21.4. The van der Waals surface area contributed by atoms with Crippen molar-refractivity contribution in [2.24, 2.45) is 5.92 Å². The van der Waals surface area contributed by atoms with E-state index in [4.69, 9.17) is 9.47 Å². The summed E-state index contributed by atoms with van der Waals surface area (Å²) in [5.41, 5.74) is -0.661. The van der Waals surface area contributed by atoms with Gasteiger partial charge in [-0.2, -0.15) is 0 Å². The van der Waals surface area contributed by atoms with Gasteiger partial charge in [0.05, 0.1) is 12.6 Å². The van der Waals surface area contributed by atoms with Gasteiger partial charge < -0.3 is 14.4 Å². The summed E-state index contributed by atoms with van der Waals surface area (Å²) in [4.78, 5) is 25.6. The lowest BCUT2D eigenvalue weighted by atomic mass is 10.0. The van der Waals surface area contributed by atoms with Crippen LogP contribution in [0.25, 0.3) is 0 Å². The molecule has 8 nitrogen and oxygen atoms in total. The minimum absolute atomic E-state index is 0.0982. The van der Waals surface area contributed by atoms with Crippen molar-refractivity contribution in [3.05, 3.63) is 10.5 Å². The van der Waals surface area contributed by atoms with Crippen LogP contribution in [0, 0.1) is 5.92 Å². The maximum absolute atomic E-state index is 11.9. The topological polar surface area (TPSA) is 89.5 Å². The van der Waals surface area contributed by atoms with E-state index in [9.17, 15) is 9.59 Å². The van der Waals surface area contributed by atoms with Gasteiger partial charge in [0.25, 0.3) is 0 Å². The molecule has 0 radical (unpaired) electrons. The van der Waals surface area contributed by atoms with Crippen molar-refractivity contribution in [1.29, 1.82) is 0 Å². The lowest BCUT2D eigenvalue weighted by molar-refractivity contribution is 0.00213. The number of hydrogen-bond acceptors (Lipinski definition) is 6. The third kappa shape index (κ3) is 4.78. The molecule has 0 saturated carbocycles. The molecule has 3 rings (SSSR count). The number of ether oxygens (including phenoxy) is 2. The number of hydrogen-bond donors (Lipinski definition) is 1. The van der Waals surface area contributed by atoms with Crippen LogP contribution in [-0.4, -0.2) is 62.9 Å². The predicted molar refractivity (Wildman–Crippen MR) is 93.8 cm³/mol. The minimum Gasteiger partial charge on any atom is -0.444 e. The second-order valence-corrected chi connectivity index (χ2v) is 8.61. The number of thioether (sulfide) groups is 1. The second kappa shape index (κ2) is 7.41. The lowest BCUT2D eigenvalue weighted by Gasteiger charge is -2.39. The highest BCUT2D eigenvalue weighted by Gasteiger charge is 2.34. The molecule has 3 heterocycles. The van der Waals surface area contributed by atoms with E-state index in [1.54, 1.807) is 21.2 Å². The molecule has 2 saturated heterocycles. The van der Waals surface area contributed by atoms with Gasteiger partial charge in [0.15, 0.2) is 5.16 Å². The third-order valence-electron chi connectivity index (χ3n) is 4.19. The fourth-order valence-electron chi connectivity index (χ4n) is 2.91. The Balaban J connectivity index is 1.46. The van der Waals surface area contributed by atoms with Crippen molar-refractivity contribution in [3.8, 4) is 0 Å². The van der Waals surface area contributed by atoms with Gasteiger partial charge in [0, 0.05) is 31.4 Å². The Bertz CT molecular complexity index is 654. The standard InChI is InChI=1S/C16H26N4O4S/c1-16(2,3)24-15(22)19-7-11(8-19)10-25-14-18-17-13(21)20(14)9-12-5-4-6-23-12/h11-12H,4-10H2,1-3H3,(H,17,21)/t12-/m0/s1. The molecule has 1 atom stereocenters.